The van der Waals surface area contributed by atoms with Crippen molar-refractivity contribution in [2.45, 2.75) is 8.02 Å². The smallest absolute Gasteiger partial charge is 0.289 e. The highest BCUT2D eigenvalue weighted by Gasteiger charge is 2.40. The minimum absolute atomic E-state index is 0.0241. The molecule has 3 rings (SSSR count). The van der Waals surface area contributed by atoms with Gasteiger partial charge in [-0.15, -0.1) is 0 Å². The summed E-state index contributed by atoms with van der Waals surface area (Å²) in [7, 11) is -4.30. The van der Waals surface area contributed by atoms with Crippen molar-refractivity contribution in [1.82, 2.24) is 0 Å². The van der Waals surface area contributed by atoms with Crippen molar-refractivity contribution in [3.8, 4) is 0 Å². The third kappa shape index (κ3) is 2.48. The van der Waals surface area contributed by atoms with Gasteiger partial charge < -0.3 is 0 Å². The monoisotopic (exact) mass is 388 g/mol. The minimum atomic E-state index is -4.30. The van der Waals surface area contributed by atoms with Crippen molar-refractivity contribution in [1.29, 1.82) is 0 Å². The molecule has 2 aromatic carbocycles. The molecule has 0 saturated carbocycles. The number of carbonyl (C=O) groups is 2. The Labute approximate surface area is 146 Å². The third-order valence-electron chi connectivity index (χ3n) is 3.51. The number of benzene rings is 2. The Bertz CT molecular complexity index is 959. The fraction of sp³-hybridized carbons (Fsp3) is 0.0667. The molecule has 0 heterocycles. The normalized spacial score (nSPS) is 14.4. The van der Waals surface area contributed by atoms with Crippen molar-refractivity contribution < 1.29 is 18.0 Å². The topological polar surface area (TPSA) is 68.3 Å². The number of sulfone groups is 1. The van der Waals surface area contributed by atoms with Gasteiger partial charge in [0.15, 0.2) is 11.6 Å². The number of hydrogen-bond donors (Lipinski definition) is 0. The first-order valence-corrected chi connectivity index (χ1v) is 8.90. The van der Waals surface area contributed by atoms with Gasteiger partial charge in [0.25, 0.3) is 3.12 Å². The highest BCUT2D eigenvalue weighted by molar-refractivity contribution is 7.97. The lowest BCUT2D eigenvalue weighted by Crippen LogP contribution is -2.23. The average molecular weight is 390 g/mol. The zero-order valence-electron chi connectivity index (χ0n) is 11.2. The zero-order valence-corrected chi connectivity index (χ0v) is 14.3. The van der Waals surface area contributed by atoms with Gasteiger partial charge in [-0.2, -0.15) is 0 Å². The molecule has 0 spiro atoms. The van der Waals surface area contributed by atoms with Crippen LogP contribution in [-0.2, 0) is 9.84 Å². The van der Waals surface area contributed by atoms with E-state index in [0.717, 1.165) is 12.1 Å². The van der Waals surface area contributed by atoms with E-state index in [1.165, 1.54) is 12.1 Å². The summed E-state index contributed by atoms with van der Waals surface area (Å²) in [6.07, 6.45) is 0. The van der Waals surface area contributed by atoms with Crippen LogP contribution >= 0.6 is 34.8 Å². The summed E-state index contributed by atoms with van der Waals surface area (Å²) in [6.45, 7) is 0. The second kappa shape index (κ2) is 5.31. The van der Waals surface area contributed by atoms with Crippen LogP contribution in [0.1, 0.15) is 31.8 Å². The number of fused-ring (bicyclic) bond motifs is 2. The number of carbonyl (C=O) groups excluding carboxylic acids is 2. The van der Waals surface area contributed by atoms with Crippen LogP contribution in [0.4, 0.5) is 0 Å². The number of hydrogen-bond acceptors (Lipinski definition) is 4. The van der Waals surface area contributed by atoms with Crippen LogP contribution in [-0.4, -0.2) is 23.1 Å². The summed E-state index contributed by atoms with van der Waals surface area (Å²) >= 11 is 16.4. The average Bonchev–Trinajstić information content (AvgIpc) is 2.51. The molecule has 8 heteroatoms. The second-order valence-corrected chi connectivity index (χ2v) is 9.90. The van der Waals surface area contributed by atoms with Gasteiger partial charge >= 0.3 is 0 Å². The van der Waals surface area contributed by atoms with Crippen molar-refractivity contribution in [3.05, 3.63) is 64.7 Å². The Kier molecular flexibility index (Phi) is 3.80. The molecule has 118 valence electrons. The Balaban J connectivity index is 2.23. The van der Waals surface area contributed by atoms with Gasteiger partial charge in [-0.25, -0.2) is 8.42 Å². The highest BCUT2D eigenvalue weighted by Crippen LogP contribution is 2.39. The predicted molar refractivity (Wildman–Crippen MR) is 87.2 cm³/mol. The molecule has 0 aromatic heterocycles. The third-order valence-corrected chi connectivity index (χ3v) is 6.82. The number of ketones is 2. The molecule has 0 radical (unpaired) electrons. The van der Waals surface area contributed by atoms with Crippen LogP contribution in [0.3, 0.4) is 0 Å². The lowest BCUT2D eigenvalue weighted by atomic mass is 9.84. The van der Waals surface area contributed by atoms with E-state index in [-0.39, 0.29) is 32.9 Å². The molecular weight excluding hydrogens is 383 g/mol. The zero-order chi connectivity index (χ0) is 17.0. The van der Waals surface area contributed by atoms with Crippen molar-refractivity contribution in [3.63, 3.8) is 0 Å². The first kappa shape index (κ1) is 16.5. The summed E-state index contributed by atoms with van der Waals surface area (Å²) in [6, 6.07) is 9.80. The SMILES string of the molecule is O=C1c2ccccc2C(=O)c2cc(S(=O)(=O)C(Cl)(Cl)Cl)ccc21. The Hall–Kier alpha value is -1.40. The fourth-order valence-corrected chi connectivity index (χ4v) is 3.97. The Morgan fingerprint density at radius 1 is 0.739 bits per heavy atom. The van der Waals surface area contributed by atoms with Crippen molar-refractivity contribution in [2.75, 3.05) is 0 Å². The van der Waals surface area contributed by atoms with E-state index in [2.05, 4.69) is 0 Å². The number of rotatable bonds is 1. The van der Waals surface area contributed by atoms with Gasteiger partial charge in [-0.05, 0) is 18.2 Å². The molecule has 0 amide bonds. The summed E-state index contributed by atoms with van der Waals surface area (Å²) in [5.74, 6) is -0.801. The van der Waals surface area contributed by atoms with E-state index in [4.69, 9.17) is 34.8 Å². The van der Waals surface area contributed by atoms with Crippen LogP contribution < -0.4 is 0 Å². The van der Waals surface area contributed by atoms with Gasteiger partial charge in [0.1, 0.15) is 0 Å². The van der Waals surface area contributed by atoms with E-state index in [1.807, 2.05) is 0 Å². The molecule has 0 bridgehead atoms. The van der Waals surface area contributed by atoms with Gasteiger partial charge in [-0.1, -0.05) is 59.1 Å². The molecule has 4 nitrogen and oxygen atoms in total. The molecule has 0 aliphatic heterocycles. The van der Waals surface area contributed by atoms with Gasteiger partial charge in [0.2, 0.25) is 9.84 Å². The molecule has 0 N–H and O–H groups in total. The summed E-state index contributed by atoms with van der Waals surface area (Å²) in [5, 5.41) is 0. The summed E-state index contributed by atoms with van der Waals surface area (Å²) in [5.41, 5.74) is 0.594. The first-order chi connectivity index (χ1) is 10.6. The molecule has 0 unspecified atom stereocenters. The maximum Gasteiger partial charge on any atom is 0.296 e. The van der Waals surface area contributed by atoms with Crippen LogP contribution in [0.2, 0.25) is 0 Å². The standard InChI is InChI=1S/C15H7Cl3O4S/c16-15(17,18)23(21,22)8-5-6-11-12(7-8)14(20)10-4-2-1-3-9(10)13(11)19/h1-7H. The maximum atomic E-state index is 12.5. The van der Waals surface area contributed by atoms with E-state index >= 15 is 0 Å². The molecule has 23 heavy (non-hydrogen) atoms. The fourth-order valence-electron chi connectivity index (χ4n) is 2.38. The van der Waals surface area contributed by atoms with Crippen molar-refractivity contribution in [2.24, 2.45) is 0 Å². The van der Waals surface area contributed by atoms with Crippen LogP contribution in [0.5, 0.6) is 0 Å². The van der Waals surface area contributed by atoms with Crippen LogP contribution in [0.25, 0.3) is 0 Å². The van der Waals surface area contributed by atoms with Gasteiger partial charge in [0.05, 0.1) is 4.90 Å². The molecule has 1 aliphatic carbocycles. The second-order valence-electron chi connectivity index (χ2n) is 4.86. The highest BCUT2D eigenvalue weighted by atomic mass is 35.6. The lowest BCUT2D eigenvalue weighted by molar-refractivity contribution is 0.0979. The quantitative estimate of drug-likeness (QED) is 0.597. The molecule has 0 atom stereocenters. The van der Waals surface area contributed by atoms with Crippen LogP contribution in [0, 0.1) is 0 Å². The predicted octanol–water partition coefficient (Wildman–Crippen LogP) is 3.56. The van der Waals surface area contributed by atoms with Gasteiger partial charge in [-0.3, -0.25) is 9.59 Å². The Morgan fingerprint density at radius 3 is 1.74 bits per heavy atom. The van der Waals surface area contributed by atoms with E-state index in [0.29, 0.717) is 0 Å². The maximum absolute atomic E-state index is 12.5. The first-order valence-electron chi connectivity index (χ1n) is 6.28. The molecule has 1 aliphatic rings. The van der Waals surface area contributed by atoms with E-state index in [1.54, 1.807) is 18.2 Å². The minimum Gasteiger partial charge on any atom is -0.289 e. The van der Waals surface area contributed by atoms with Crippen molar-refractivity contribution >= 4 is 56.2 Å². The molecule has 0 fully saturated rings. The molecular formula is C15H7Cl3O4S. The summed E-state index contributed by atoms with van der Waals surface area (Å²) < 4.78 is 21.8. The van der Waals surface area contributed by atoms with Crippen LogP contribution in [0.15, 0.2) is 47.4 Å². The Morgan fingerprint density at radius 2 is 1.22 bits per heavy atom. The number of alkyl halides is 3. The van der Waals surface area contributed by atoms with Gasteiger partial charge in [0, 0.05) is 22.3 Å². The van der Waals surface area contributed by atoms with E-state index in [9.17, 15) is 18.0 Å². The molecule has 0 saturated heterocycles. The summed E-state index contributed by atoms with van der Waals surface area (Å²) in [4.78, 5) is 24.6. The lowest BCUT2D eigenvalue weighted by Gasteiger charge is -2.19. The number of halogens is 3. The van der Waals surface area contributed by atoms with E-state index < -0.39 is 18.7 Å². The largest absolute Gasteiger partial charge is 0.296 e. The molecule has 2 aromatic rings.